The molecule has 0 saturated carbocycles. The summed E-state index contributed by atoms with van der Waals surface area (Å²) in [5.41, 5.74) is 0. The van der Waals surface area contributed by atoms with Gasteiger partial charge in [0.25, 0.3) is 0 Å². The Hall–Kier alpha value is -1.59. The Labute approximate surface area is 393 Å². The van der Waals surface area contributed by atoms with Crippen molar-refractivity contribution < 1.29 is 39.8 Å². The van der Waals surface area contributed by atoms with E-state index >= 15 is 0 Å². The summed E-state index contributed by atoms with van der Waals surface area (Å²) in [6, 6.07) is -0.825. The molecule has 0 bridgehead atoms. The minimum Gasteiger partial charge on any atom is -0.394 e. The van der Waals surface area contributed by atoms with Gasteiger partial charge in [0.1, 0.15) is 24.4 Å². The molecular formula is C55H103NO8. The van der Waals surface area contributed by atoms with Gasteiger partial charge in [-0.05, 0) is 44.9 Å². The summed E-state index contributed by atoms with van der Waals surface area (Å²) in [6.45, 7) is 3.78. The predicted octanol–water partition coefficient (Wildman–Crippen LogP) is 12.8. The maximum absolute atomic E-state index is 13.0. The number of unbranched alkanes of at least 4 members (excludes halogenated alkanes) is 32. The molecule has 1 rings (SSSR count). The van der Waals surface area contributed by atoms with E-state index in [9.17, 15) is 30.3 Å². The van der Waals surface area contributed by atoms with Crippen LogP contribution in [0, 0.1) is 0 Å². The first-order chi connectivity index (χ1) is 31.3. The molecule has 1 amide bonds. The Morgan fingerprint density at radius 1 is 0.516 bits per heavy atom. The SMILES string of the molecule is CCCCCCCCCCCCC/C=C/CC/C=C/CC/C=C/C(O)C(COC1OC(CO)C(O)C(O)C1O)NC(=O)CCCCCCCCCCCCCCCCCCCCCC. The topological polar surface area (TPSA) is 149 Å². The van der Waals surface area contributed by atoms with E-state index in [1.165, 1.54) is 186 Å². The number of rotatable bonds is 46. The summed E-state index contributed by atoms with van der Waals surface area (Å²) in [7, 11) is 0. The molecule has 7 unspecified atom stereocenters. The van der Waals surface area contributed by atoms with Gasteiger partial charge in [-0.15, -0.1) is 0 Å². The highest BCUT2D eigenvalue weighted by Gasteiger charge is 2.44. The molecule has 376 valence electrons. The quantitative estimate of drug-likeness (QED) is 0.0261. The largest absolute Gasteiger partial charge is 0.394 e. The maximum Gasteiger partial charge on any atom is 0.220 e. The van der Waals surface area contributed by atoms with Crippen molar-refractivity contribution in [2.45, 2.75) is 294 Å². The third-order valence-electron chi connectivity index (χ3n) is 12.9. The number of carbonyl (C=O) groups excluding carboxylic acids is 1. The van der Waals surface area contributed by atoms with Crippen LogP contribution < -0.4 is 5.32 Å². The number of carbonyl (C=O) groups is 1. The molecular weight excluding hydrogens is 803 g/mol. The van der Waals surface area contributed by atoms with Crippen molar-refractivity contribution >= 4 is 5.91 Å². The lowest BCUT2D eigenvalue weighted by Crippen LogP contribution is -2.60. The van der Waals surface area contributed by atoms with Crippen LogP contribution in [0.2, 0.25) is 0 Å². The number of amides is 1. The average molecular weight is 906 g/mol. The maximum atomic E-state index is 13.0. The summed E-state index contributed by atoms with van der Waals surface area (Å²) >= 11 is 0. The molecule has 9 heteroatoms. The standard InChI is InChI=1S/C55H103NO8/c1-3-5-7-9-11-13-15-17-19-21-23-25-26-28-30-32-34-36-38-40-42-44-49(58)48(47-63-55-54(62)53(61)52(60)50(46-57)64-55)56-51(59)45-43-41-39-37-35-33-31-29-27-24-22-20-18-16-14-12-10-8-6-4-2/h26,28,34,36,42,44,48-50,52-55,57-58,60-62H,3-25,27,29-33,35,37-41,43,45-47H2,1-2H3,(H,56,59)/b28-26+,36-34+,44-42+. The van der Waals surface area contributed by atoms with Gasteiger partial charge in [0.15, 0.2) is 6.29 Å². The molecule has 0 spiro atoms. The van der Waals surface area contributed by atoms with E-state index in [-0.39, 0.29) is 12.5 Å². The minimum atomic E-state index is -1.57. The van der Waals surface area contributed by atoms with Gasteiger partial charge in [0.2, 0.25) is 5.91 Å². The summed E-state index contributed by atoms with van der Waals surface area (Å²) in [6.07, 6.45) is 50.6. The van der Waals surface area contributed by atoms with Gasteiger partial charge in [-0.2, -0.15) is 0 Å². The summed E-state index contributed by atoms with van der Waals surface area (Å²) in [5, 5.41) is 54.4. The molecule has 0 aliphatic carbocycles. The molecule has 0 aromatic rings. The van der Waals surface area contributed by atoms with E-state index in [1.54, 1.807) is 6.08 Å². The molecule has 64 heavy (non-hydrogen) atoms. The highest BCUT2D eigenvalue weighted by Crippen LogP contribution is 2.23. The second-order valence-electron chi connectivity index (χ2n) is 19.0. The summed E-state index contributed by atoms with van der Waals surface area (Å²) in [5.74, 6) is -0.187. The fourth-order valence-electron chi connectivity index (χ4n) is 8.60. The van der Waals surface area contributed by atoms with E-state index in [0.717, 1.165) is 44.9 Å². The first kappa shape index (κ1) is 60.4. The molecule has 1 aliphatic rings. The molecule has 1 saturated heterocycles. The van der Waals surface area contributed by atoms with Gasteiger partial charge in [-0.1, -0.05) is 237 Å². The fourth-order valence-corrected chi connectivity index (χ4v) is 8.60. The van der Waals surface area contributed by atoms with Crippen molar-refractivity contribution in [1.82, 2.24) is 5.32 Å². The number of nitrogens with one attached hydrogen (secondary N) is 1. The molecule has 6 N–H and O–H groups in total. The molecule has 9 nitrogen and oxygen atoms in total. The van der Waals surface area contributed by atoms with Gasteiger partial charge < -0.3 is 40.3 Å². The Balaban J connectivity index is 2.30. The van der Waals surface area contributed by atoms with Crippen LogP contribution >= 0.6 is 0 Å². The summed E-state index contributed by atoms with van der Waals surface area (Å²) in [4.78, 5) is 13.0. The fraction of sp³-hybridized carbons (Fsp3) is 0.873. The van der Waals surface area contributed by atoms with Crippen molar-refractivity contribution in [1.29, 1.82) is 0 Å². The Morgan fingerprint density at radius 3 is 1.31 bits per heavy atom. The van der Waals surface area contributed by atoms with Crippen LogP contribution in [0.25, 0.3) is 0 Å². The van der Waals surface area contributed by atoms with Crippen molar-refractivity contribution in [3.63, 3.8) is 0 Å². The lowest BCUT2D eigenvalue weighted by molar-refractivity contribution is -0.302. The third kappa shape index (κ3) is 34.7. The molecule has 0 aromatic heterocycles. The number of allylic oxidation sites excluding steroid dienone is 5. The normalized spacial score (nSPS) is 20.3. The highest BCUT2D eigenvalue weighted by molar-refractivity contribution is 5.76. The van der Waals surface area contributed by atoms with E-state index < -0.39 is 49.5 Å². The van der Waals surface area contributed by atoms with Gasteiger partial charge >= 0.3 is 0 Å². The molecule has 1 aliphatic heterocycles. The molecule has 0 radical (unpaired) electrons. The van der Waals surface area contributed by atoms with Crippen molar-refractivity contribution in [3.05, 3.63) is 36.5 Å². The zero-order valence-corrected chi connectivity index (χ0v) is 41.5. The highest BCUT2D eigenvalue weighted by atomic mass is 16.7. The van der Waals surface area contributed by atoms with Gasteiger partial charge in [0, 0.05) is 6.42 Å². The minimum absolute atomic E-state index is 0.187. The van der Waals surface area contributed by atoms with E-state index in [0.29, 0.717) is 6.42 Å². The number of aliphatic hydroxyl groups excluding tert-OH is 5. The van der Waals surface area contributed by atoms with E-state index in [2.05, 4.69) is 43.5 Å². The van der Waals surface area contributed by atoms with Crippen LogP contribution in [-0.4, -0.2) is 87.5 Å². The van der Waals surface area contributed by atoms with Crippen LogP contribution in [-0.2, 0) is 14.3 Å². The first-order valence-corrected chi connectivity index (χ1v) is 27.2. The number of hydrogen-bond donors (Lipinski definition) is 6. The van der Waals surface area contributed by atoms with Crippen LogP contribution in [0.5, 0.6) is 0 Å². The van der Waals surface area contributed by atoms with E-state index in [4.69, 9.17) is 9.47 Å². The first-order valence-electron chi connectivity index (χ1n) is 27.2. The Morgan fingerprint density at radius 2 is 0.891 bits per heavy atom. The van der Waals surface area contributed by atoms with Crippen LogP contribution in [0.1, 0.15) is 251 Å². The summed E-state index contributed by atoms with van der Waals surface area (Å²) < 4.78 is 11.2. The molecule has 0 aromatic carbocycles. The second kappa shape index (κ2) is 45.2. The predicted molar refractivity (Wildman–Crippen MR) is 267 cm³/mol. The van der Waals surface area contributed by atoms with Crippen molar-refractivity contribution in [3.8, 4) is 0 Å². The molecule has 1 heterocycles. The smallest absolute Gasteiger partial charge is 0.220 e. The number of hydrogen-bond acceptors (Lipinski definition) is 8. The van der Waals surface area contributed by atoms with Crippen molar-refractivity contribution in [2.24, 2.45) is 0 Å². The Bertz CT molecular complexity index is 1100. The molecule has 1 fully saturated rings. The van der Waals surface area contributed by atoms with Crippen LogP contribution in [0.4, 0.5) is 0 Å². The van der Waals surface area contributed by atoms with Gasteiger partial charge in [-0.3, -0.25) is 4.79 Å². The lowest BCUT2D eigenvalue weighted by Gasteiger charge is -2.40. The Kier molecular flexibility index (Phi) is 42.7. The van der Waals surface area contributed by atoms with Gasteiger partial charge in [-0.25, -0.2) is 0 Å². The average Bonchev–Trinajstić information content (AvgIpc) is 3.29. The van der Waals surface area contributed by atoms with Gasteiger partial charge in [0.05, 0.1) is 25.4 Å². The zero-order valence-electron chi connectivity index (χ0n) is 41.5. The second-order valence-corrected chi connectivity index (χ2v) is 19.0. The number of ether oxygens (including phenoxy) is 2. The zero-order chi connectivity index (χ0) is 46.6. The van der Waals surface area contributed by atoms with Crippen LogP contribution in [0.3, 0.4) is 0 Å². The number of aliphatic hydroxyl groups is 5. The van der Waals surface area contributed by atoms with Crippen LogP contribution in [0.15, 0.2) is 36.5 Å². The monoisotopic (exact) mass is 906 g/mol. The lowest BCUT2D eigenvalue weighted by atomic mass is 9.99. The van der Waals surface area contributed by atoms with E-state index in [1.807, 2.05) is 6.08 Å². The molecule has 7 atom stereocenters. The van der Waals surface area contributed by atoms with Crippen molar-refractivity contribution in [2.75, 3.05) is 13.2 Å². The third-order valence-corrected chi connectivity index (χ3v) is 12.9.